The highest BCUT2D eigenvalue weighted by Gasteiger charge is 2.47. The number of hydrogen-bond acceptors (Lipinski definition) is 9. The summed E-state index contributed by atoms with van der Waals surface area (Å²) >= 11 is 0. The fraction of sp³-hybridized carbons (Fsp3) is 0.800. The molecule has 5 atom stereocenters. The molecule has 0 aliphatic carbocycles. The summed E-state index contributed by atoms with van der Waals surface area (Å²) in [5.74, 6) is 0.751. The van der Waals surface area contributed by atoms with Crippen LogP contribution in [-0.4, -0.2) is 70.9 Å². The van der Waals surface area contributed by atoms with Gasteiger partial charge in [0, 0.05) is 0 Å². The van der Waals surface area contributed by atoms with Gasteiger partial charge in [0.05, 0.1) is 25.6 Å². The summed E-state index contributed by atoms with van der Waals surface area (Å²) in [5.41, 5.74) is 6.70. The topological polar surface area (TPSA) is 135 Å². The van der Waals surface area contributed by atoms with E-state index in [0.717, 1.165) is 11.5 Å². The number of nitrogens with zero attached hydrogens (tertiary/aromatic N) is 1. The van der Waals surface area contributed by atoms with Gasteiger partial charge in [0.2, 0.25) is 0 Å². The summed E-state index contributed by atoms with van der Waals surface area (Å²) in [4.78, 5) is 1.76. The van der Waals surface area contributed by atoms with Crippen molar-refractivity contribution >= 4 is 0 Å². The second-order valence-corrected chi connectivity index (χ2v) is 4.83. The molecular weight excluding hydrogens is 254 g/mol. The maximum atomic E-state index is 10.0. The molecule has 3 aliphatic heterocycles. The molecule has 3 rings (SSSR count). The second-order valence-electron chi connectivity index (χ2n) is 4.83. The predicted octanol–water partition coefficient (Wildman–Crippen LogP) is -4.11. The predicted molar refractivity (Wildman–Crippen MR) is 63.7 cm³/mol. The first-order chi connectivity index (χ1) is 9.13. The standard InChI is InChI=1S/C10H19N5O4/c11-8-5-9(13-2-12-8)15(3-14-5)10-7(18)6(17)4(1-16)19-10/h4,6-8,10,12-14,16-18H,1-3,11H2/t4-,6?,7?,8?,10-/m1/s1. The molecule has 3 aliphatic rings. The van der Waals surface area contributed by atoms with Gasteiger partial charge >= 0.3 is 0 Å². The molecule has 0 aromatic rings. The molecule has 1 saturated heterocycles. The normalized spacial score (nSPS) is 42.1. The summed E-state index contributed by atoms with van der Waals surface area (Å²) in [7, 11) is 0. The van der Waals surface area contributed by atoms with E-state index in [1.165, 1.54) is 0 Å². The molecule has 0 radical (unpaired) electrons. The van der Waals surface area contributed by atoms with E-state index in [-0.39, 0.29) is 12.8 Å². The van der Waals surface area contributed by atoms with E-state index < -0.39 is 24.5 Å². The number of nitrogens with one attached hydrogen (secondary N) is 3. The molecular formula is C10H19N5O4. The Bertz CT molecular complexity index is 392. The Morgan fingerprint density at radius 3 is 2.79 bits per heavy atom. The van der Waals surface area contributed by atoms with Gasteiger partial charge in [-0.2, -0.15) is 0 Å². The van der Waals surface area contributed by atoms with Crippen molar-refractivity contribution in [3.63, 3.8) is 0 Å². The van der Waals surface area contributed by atoms with E-state index >= 15 is 0 Å². The van der Waals surface area contributed by atoms with E-state index in [2.05, 4.69) is 16.0 Å². The number of aliphatic hydroxyl groups is 3. The molecule has 19 heavy (non-hydrogen) atoms. The molecule has 0 amide bonds. The van der Waals surface area contributed by atoms with Gasteiger partial charge < -0.3 is 41.3 Å². The van der Waals surface area contributed by atoms with Gasteiger partial charge in [0.15, 0.2) is 6.23 Å². The summed E-state index contributed by atoms with van der Waals surface area (Å²) in [6, 6.07) is 0. The van der Waals surface area contributed by atoms with Crippen molar-refractivity contribution in [1.82, 2.24) is 20.9 Å². The third-order valence-electron chi connectivity index (χ3n) is 3.70. The van der Waals surface area contributed by atoms with E-state index in [0.29, 0.717) is 13.3 Å². The molecule has 0 saturated carbocycles. The van der Waals surface area contributed by atoms with Crippen LogP contribution < -0.4 is 21.7 Å². The average molecular weight is 273 g/mol. The van der Waals surface area contributed by atoms with E-state index in [1.807, 2.05) is 0 Å². The van der Waals surface area contributed by atoms with Crippen molar-refractivity contribution in [3.8, 4) is 0 Å². The molecule has 0 spiro atoms. The molecule has 0 aromatic carbocycles. The first-order valence-corrected chi connectivity index (χ1v) is 6.23. The Hall–Kier alpha value is -1.10. The molecule has 9 nitrogen and oxygen atoms in total. The van der Waals surface area contributed by atoms with Gasteiger partial charge in [-0.1, -0.05) is 0 Å². The molecule has 9 heteroatoms. The van der Waals surface area contributed by atoms with Crippen LogP contribution in [0.4, 0.5) is 0 Å². The molecule has 3 unspecified atom stereocenters. The summed E-state index contributed by atoms with van der Waals surface area (Å²) in [6.07, 6.45) is -3.99. The molecule has 0 bridgehead atoms. The number of rotatable bonds is 2. The lowest BCUT2D eigenvalue weighted by atomic mass is 10.1. The van der Waals surface area contributed by atoms with Crippen molar-refractivity contribution in [2.24, 2.45) is 5.73 Å². The lowest BCUT2D eigenvalue weighted by Crippen LogP contribution is -2.52. The Balaban J connectivity index is 1.80. The highest BCUT2D eigenvalue weighted by Crippen LogP contribution is 2.29. The third kappa shape index (κ3) is 1.95. The highest BCUT2D eigenvalue weighted by molar-refractivity contribution is 5.23. The monoisotopic (exact) mass is 273 g/mol. The Morgan fingerprint density at radius 1 is 1.32 bits per heavy atom. The van der Waals surface area contributed by atoms with Crippen molar-refractivity contribution in [2.75, 3.05) is 19.9 Å². The van der Waals surface area contributed by atoms with Crippen molar-refractivity contribution in [3.05, 3.63) is 11.5 Å². The minimum atomic E-state index is -1.10. The largest absolute Gasteiger partial charge is 0.394 e. The minimum absolute atomic E-state index is 0.307. The minimum Gasteiger partial charge on any atom is -0.394 e. The first-order valence-electron chi connectivity index (χ1n) is 6.23. The maximum absolute atomic E-state index is 10.0. The molecule has 1 fully saturated rings. The molecule has 8 N–H and O–H groups in total. The van der Waals surface area contributed by atoms with Crippen LogP contribution in [0, 0.1) is 0 Å². The Labute approximate surface area is 110 Å². The van der Waals surface area contributed by atoms with E-state index in [9.17, 15) is 10.2 Å². The van der Waals surface area contributed by atoms with Crippen LogP contribution in [0.15, 0.2) is 11.5 Å². The van der Waals surface area contributed by atoms with Crippen LogP contribution in [0.25, 0.3) is 0 Å². The van der Waals surface area contributed by atoms with Gasteiger partial charge in [0.25, 0.3) is 0 Å². The highest BCUT2D eigenvalue weighted by atomic mass is 16.6. The summed E-state index contributed by atoms with van der Waals surface area (Å²) < 4.78 is 5.50. The van der Waals surface area contributed by atoms with Gasteiger partial charge in [-0.15, -0.1) is 0 Å². The van der Waals surface area contributed by atoms with Gasteiger partial charge in [-0.05, 0) is 0 Å². The van der Waals surface area contributed by atoms with Gasteiger partial charge in [-0.25, -0.2) is 0 Å². The Morgan fingerprint density at radius 2 is 2.11 bits per heavy atom. The fourth-order valence-corrected chi connectivity index (χ4v) is 2.64. The SMILES string of the molecule is NC1NCNC2=C1NCN2[C@@H]1O[C@H](CO)C(O)C1O. The van der Waals surface area contributed by atoms with Crippen LogP contribution in [0.2, 0.25) is 0 Å². The molecule has 3 heterocycles. The number of hydrogen-bond donors (Lipinski definition) is 7. The summed E-state index contributed by atoms with van der Waals surface area (Å²) in [6.45, 7) is 0.586. The molecule has 108 valence electrons. The zero-order valence-corrected chi connectivity index (χ0v) is 10.3. The van der Waals surface area contributed by atoms with Crippen molar-refractivity contribution in [2.45, 2.75) is 30.7 Å². The zero-order valence-electron chi connectivity index (χ0n) is 10.3. The van der Waals surface area contributed by atoms with Crippen molar-refractivity contribution in [1.29, 1.82) is 0 Å². The van der Waals surface area contributed by atoms with Crippen LogP contribution in [0.3, 0.4) is 0 Å². The van der Waals surface area contributed by atoms with Crippen LogP contribution in [-0.2, 0) is 4.74 Å². The lowest BCUT2D eigenvalue weighted by Gasteiger charge is -2.32. The number of nitrogens with two attached hydrogens (primary N) is 1. The van der Waals surface area contributed by atoms with Crippen molar-refractivity contribution < 1.29 is 20.1 Å². The third-order valence-corrected chi connectivity index (χ3v) is 3.70. The smallest absolute Gasteiger partial charge is 0.162 e. The zero-order chi connectivity index (χ0) is 13.6. The van der Waals surface area contributed by atoms with Crippen LogP contribution in [0.1, 0.15) is 0 Å². The van der Waals surface area contributed by atoms with Crippen LogP contribution >= 0.6 is 0 Å². The second kappa shape index (κ2) is 4.78. The van der Waals surface area contributed by atoms with Gasteiger partial charge in [-0.3, -0.25) is 5.32 Å². The fourth-order valence-electron chi connectivity index (χ4n) is 2.64. The van der Waals surface area contributed by atoms with E-state index in [4.69, 9.17) is 15.6 Å². The van der Waals surface area contributed by atoms with Crippen LogP contribution in [0.5, 0.6) is 0 Å². The first kappa shape index (κ1) is 12.9. The van der Waals surface area contributed by atoms with Gasteiger partial charge in [0.1, 0.15) is 30.3 Å². The quantitative estimate of drug-likeness (QED) is 0.268. The lowest BCUT2D eigenvalue weighted by molar-refractivity contribution is -0.0843. The molecule has 0 aromatic heterocycles. The maximum Gasteiger partial charge on any atom is 0.162 e. The van der Waals surface area contributed by atoms with E-state index in [1.54, 1.807) is 4.90 Å². The average Bonchev–Trinajstić information content (AvgIpc) is 2.94. The number of aliphatic hydroxyl groups excluding tert-OH is 3. The summed E-state index contributed by atoms with van der Waals surface area (Å²) in [5, 5.41) is 38.2. The number of ether oxygens (including phenoxy) is 1. The Kier molecular flexibility index (Phi) is 3.25.